The Hall–Kier alpha value is -4.25. The maximum atomic E-state index is 13.6. The Bertz CT molecular complexity index is 1500. The van der Waals surface area contributed by atoms with Crippen LogP contribution in [0.15, 0.2) is 53.5 Å². The van der Waals surface area contributed by atoms with E-state index < -0.39 is 17.2 Å². The molecular weight excluding hydrogens is 482 g/mol. The van der Waals surface area contributed by atoms with Crippen LogP contribution in [0.5, 0.6) is 11.5 Å². The van der Waals surface area contributed by atoms with Crippen molar-refractivity contribution in [2.24, 2.45) is 0 Å². The predicted molar refractivity (Wildman–Crippen MR) is 137 cm³/mol. The number of pyridine rings is 1. The molecule has 1 aliphatic rings. The Balaban J connectivity index is 1.30. The van der Waals surface area contributed by atoms with Gasteiger partial charge in [0.2, 0.25) is 5.95 Å². The Labute approximate surface area is 211 Å². The Morgan fingerprint density at radius 2 is 1.81 bits per heavy atom. The minimum Gasteiger partial charge on any atom is -0.493 e. The van der Waals surface area contributed by atoms with Gasteiger partial charge in [0, 0.05) is 35.4 Å². The number of hydrogen-bond donors (Lipinski definition) is 3. The molecule has 0 radical (unpaired) electrons. The fourth-order valence-electron chi connectivity index (χ4n) is 4.13. The third kappa shape index (κ3) is 5.31. The number of H-pyrrole nitrogens is 1. The first-order valence-corrected chi connectivity index (χ1v) is 11.7. The first-order valence-electron chi connectivity index (χ1n) is 11.7. The van der Waals surface area contributed by atoms with E-state index in [1.165, 1.54) is 12.3 Å². The molecule has 9 nitrogen and oxygen atoms in total. The van der Waals surface area contributed by atoms with Gasteiger partial charge in [-0.3, -0.25) is 4.79 Å². The molecule has 11 heteroatoms. The van der Waals surface area contributed by atoms with Crippen molar-refractivity contribution in [3.63, 3.8) is 0 Å². The Morgan fingerprint density at radius 3 is 2.57 bits per heavy atom. The van der Waals surface area contributed by atoms with E-state index in [0.717, 1.165) is 25.0 Å². The first-order chi connectivity index (χ1) is 17.8. The average Bonchev–Trinajstić information content (AvgIpc) is 2.83. The van der Waals surface area contributed by atoms with Gasteiger partial charge in [0.1, 0.15) is 17.6 Å². The molecule has 0 amide bonds. The summed E-state index contributed by atoms with van der Waals surface area (Å²) in [5.74, 6) is -0.183. The highest BCUT2D eigenvalue weighted by Crippen LogP contribution is 2.36. The smallest absolute Gasteiger partial charge is 0.272 e. The highest BCUT2D eigenvalue weighted by atomic mass is 19.2. The summed E-state index contributed by atoms with van der Waals surface area (Å²) in [6, 6.07) is 11.0. The summed E-state index contributed by atoms with van der Waals surface area (Å²) in [4.78, 5) is 25.8. The van der Waals surface area contributed by atoms with Crippen molar-refractivity contribution >= 4 is 34.0 Å². The number of nitrogens with one attached hydrogen (secondary N) is 3. The summed E-state index contributed by atoms with van der Waals surface area (Å²) in [5.41, 5.74) is 0.493. The molecule has 192 valence electrons. The van der Waals surface area contributed by atoms with Crippen molar-refractivity contribution in [2.45, 2.75) is 25.0 Å². The van der Waals surface area contributed by atoms with Crippen LogP contribution < -0.4 is 25.7 Å². The lowest BCUT2D eigenvalue weighted by atomic mass is 9.88. The van der Waals surface area contributed by atoms with E-state index in [4.69, 9.17) is 9.47 Å². The summed E-state index contributed by atoms with van der Waals surface area (Å²) in [7, 11) is 5.72. The van der Waals surface area contributed by atoms with Crippen LogP contribution >= 0.6 is 0 Å². The lowest BCUT2D eigenvalue weighted by Crippen LogP contribution is -2.46. The molecule has 0 bridgehead atoms. The van der Waals surface area contributed by atoms with Gasteiger partial charge < -0.3 is 30.0 Å². The van der Waals surface area contributed by atoms with Crippen LogP contribution in [0.1, 0.15) is 12.8 Å². The van der Waals surface area contributed by atoms with Crippen molar-refractivity contribution in [3.05, 3.63) is 70.6 Å². The van der Waals surface area contributed by atoms with Gasteiger partial charge in [-0.1, -0.05) is 0 Å². The standard InChI is InChI=1S/C26H26F2N6O3/c1-34(2)16-11-17(12-16)37-22-5-4-15(10-23(22)36-3)30-26-29-7-6-24(33-26)31-21-9-14-8-18(27)19(28)13-20(14)32-25(21)35/h4-10,13,16-17H,11-12H2,1-3H3,(H,32,35)(H2,29,30,31,33). The molecule has 1 saturated carbocycles. The maximum absolute atomic E-state index is 13.6. The zero-order valence-corrected chi connectivity index (χ0v) is 20.5. The van der Waals surface area contributed by atoms with E-state index in [-0.39, 0.29) is 23.3 Å². The van der Waals surface area contributed by atoms with Crippen molar-refractivity contribution in [3.8, 4) is 11.5 Å². The normalized spacial score (nSPS) is 16.9. The molecule has 3 N–H and O–H groups in total. The zero-order valence-electron chi connectivity index (χ0n) is 20.5. The van der Waals surface area contributed by atoms with Gasteiger partial charge in [-0.25, -0.2) is 13.8 Å². The number of methoxy groups -OCH3 is 1. The van der Waals surface area contributed by atoms with Gasteiger partial charge >= 0.3 is 0 Å². The van der Waals surface area contributed by atoms with Crippen molar-refractivity contribution in [1.29, 1.82) is 0 Å². The Kier molecular flexibility index (Phi) is 6.62. The molecule has 37 heavy (non-hydrogen) atoms. The van der Waals surface area contributed by atoms with Crippen LogP contribution in [0.4, 0.5) is 31.9 Å². The number of aromatic nitrogens is 3. The van der Waals surface area contributed by atoms with Gasteiger partial charge in [0.05, 0.1) is 12.6 Å². The maximum Gasteiger partial charge on any atom is 0.272 e. The SMILES string of the molecule is COc1cc(Nc2nccc(Nc3cc4cc(F)c(F)cc4[nH]c3=O)n2)ccc1OC1CC(N(C)C)C1. The largest absolute Gasteiger partial charge is 0.493 e. The molecular formula is C26H26F2N6O3. The fourth-order valence-corrected chi connectivity index (χ4v) is 4.13. The van der Waals surface area contributed by atoms with E-state index in [2.05, 4.69) is 44.6 Å². The molecule has 0 saturated heterocycles. The molecule has 2 heterocycles. The van der Waals surface area contributed by atoms with Gasteiger partial charge in [0.15, 0.2) is 23.1 Å². The summed E-state index contributed by atoms with van der Waals surface area (Å²) < 4.78 is 38.7. The molecule has 0 atom stereocenters. The van der Waals surface area contributed by atoms with Gasteiger partial charge in [-0.15, -0.1) is 0 Å². The molecule has 4 aromatic rings. The number of halogens is 2. The van der Waals surface area contributed by atoms with Crippen LogP contribution in [0, 0.1) is 11.6 Å². The number of benzene rings is 2. The second-order valence-corrected chi connectivity index (χ2v) is 9.08. The third-order valence-electron chi connectivity index (χ3n) is 6.32. The van der Waals surface area contributed by atoms with Crippen molar-refractivity contribution in [2.75, 3.05) is 31.8 Å². The summed E-state index contributed by atoms with van der Waals surface area (Å²) in [6.45, 7) is 0. The molecule has 1 fully saturated rings. The lowest BCUT2D eigenvalue weighted by Gasteiger charge is -2.39. The van der Waals surface area contributed by atoms with E-state index in [9.17, 15) is 13.6 Å². The minimum atomic E-state index is -1.03. The monoisotopic (exact) mass is 508 g/mol. The van der Waals surface area contributed by atoms with Crippen molar-refractivity contribution < 1.29 is 18.3 Å². The number of hydrogen-bond acceptors (Lipinski definition) is 8. The summed E-state index contributed by atoms with van der Waals surface area (Å²) in [6.07, 6.45) is 3.61. The molecule has 1 aliphatic carbocycles. The molecule has 0 unspecified atom stereocenters. The van der Waals surface area contributed by atoms with Crippen LogP contribution in [0.3, 0.4) is 0 Å². The third-order valence-corrected chi connectivity index (χ3v) is 6.32. The van der Waals surface area contributed by atoms with E-state index in [0.29, 0.717) is 34.4 Å². The number of nitrogens with zero attached hydrogens (tertiary/aromatic N) is 3. The fraction of sp³-hybridized carbons (Fsp3) is 0.269. The summed E-state index contributed by atoms with van der Waals surface area (Å²) in [5, 5.41) is 6.35. The number of ether oxygens (including phenoxy) is 2. The average molecular weight is 509 g/mol. The van der Waals surface area contributed by atoms with Crippen LogP contribution in [-0.4, -0.2) is 53.2 Å². The molecule has 0 spiro atoms. The van der Waals surface area contributed by atoms with Gasteiger partial charge in [-0.05, 0) is 57.3 Å². The summed E-state index contributed by atoms with van der Waals surface area (Å²) >= 11 is 0. The molecule has 0 aliphatic heterocycles. The zero-order chi connectivity index (χ0) is 26.1. The van der Waals surface area contributed by atoms with Crippen LogP contribution in [0.2, 0.25) is 0 Å². The number of rotatable bonds is 8. The van der Waals surface area contributed by atoms with E-state index >= 15 is 0 Å². The highest BCUT2D eigenvalue weighted by molar-refractivity contribution is 5.82. The van der Waals surface area contributed by atoms with E-state index in [1.807, 2.05) is 12.1 Å². The Morgan fingerprint density at radius 1 is 1.03 bits per heavy atom. The van der Waals surface area contributed by atoms with Crippen LogP contribution in [0.25, 0.3) is 10.9 Å². The topological polar surface area (TPSA) is 104 Å². The second kappa shape index (κ2) is 10.0. The first kappa shape index (κ1) is 24.4. The van der Waals surface area contributed by atoms with Crippen LogP contribution in [-0.2, 0) is 0 Å². The van der Waals surface area contributed by atoms with Crippen molar-refractivity contribution in [1.82, 2.24) is 19.9 Å². The number of fused-ring (bicyclic) bond motifs is 1. The van der Waals surface area contributed by atoms with Gasteiger partial charge in [0.25, 0.3) is 5.56 Å². The predicted octanol–water partition coefficient (Wildman–Crippen LogP) is 4.56. The molecule has 2 aromatic heterocycles. The second-order valence-electron chi connectivity index (χ2n) is 9.08. The minimum absolute atomic E-state index is 0.124. The van der Waals surface area contributed by atoms with Gasteiger partial charge in [-0.2, -0.15) is 4.98 Å². The number of aromatic amines is 1. The number of anilines is 4. The molecule has 2 aromatic carbocycles. The molecule has 5 rings (SSSR count). The van der Waals surface area contributed by atoms with E-state index in [1.54, 1.807) is 19.2 Å². The quantitative estimate of drug-likeness (QED) is 0.318. The lowest BCUT2D eigenvalue weighted by molar-refractivity contribution is 0.0383. The highest BCUT2D eigenvalue weighted by Gasteiger charge is 2.32.